The molecule has 0 spiro atoms. The van der Waals surface area contributed by atoms with Gasteiger partial charge in [-0.25, -0.2) is 13.4 Å². The van der Waals surface area contributed by atoms with Crippen LogP contribution in [0.2, 0.25) is 0 Å². The first-order valence-electron chi connectivity index (χ1n) is 8.25. The van der Waals surface area contributed by atoms with Gasteiger partial charge in [-0.1, -0.05) is 6.92 Å². The number of hydrogen-bond acceptors (Lipinski definition) is 7. The average Bonchev–Trinajstić information content (AvgIpc) is 2.85. The van der Waals surface area contributed by atoms with Gasteiger partial charge in [0.25, 0.3) is 0 Å². The van der Waals surface area contributed by atoms with Crippen molar-refractivity contribution in [1.82, 2.24) is 14.9 Å². The first-order valence-corrected chi connectivity index (χ1v) is 10.1. The van der Waals surface area contributed by atoms with E-state index >= 15 is 0 Å². The molecular formula is C15H25N5O2S. The molecule has 0 radical (unpaired) electrons. The Morgan fingerprint density at radius 2 is 2.00 bits per heavy atom. The molecule has 1 aromatic rings. The summed E-state index contributed by atoms with van der Waals surface area (Å²) in [4.78, 5) is 13.7. The fraction of sp³-hybridized carbons (Fsp3) is 0.733. The molecule has 128 valence electrons. The van der Waals surface area contributed by atoms with Crippen LogP contribution < -0.4 is 10.2 Å². The number of likely N-dealkylation sites (N-methyl/N-ethyl adjacent to an activating group) is 1. The maximum Gasteiger partial charge on any atom is 0.225 e. The van der Waals surface area contributed by atoms with Gasteiger partial charge in [-0.3, -0.25) is 0 Å². The Kier molecular flexibility index (Phi) is 4.72. The summed E-state index contributed by atoms with van der Waals surface area (Å²) in [5.41, 5.74) is 0.899. The second-order valence-electron chi connectivity index (χ2n) is 6.36. The number of aromatic nitrogens is 2. The van der Waals surface area contributed by atoms with Gasteiger partial charge in [0.15, 0.2) is 9.84 Å². The van der Waals surface area contributed by atoms with E-state index in [0.29, 0.717) is 12.4 Å². The SMILES string of the molecule is CCN1CCN(c2cc(C)nc(NC3CCS(=O)(=O)C3)n2)CC1. The molecule has 0 aromatic carbocycles. The normalized spacial score (nSPS) is 24.8. The molecule has 2 aliphatic heterocycles. The highest BCUT2D eigenvalue weighted by Gasteiger charge is 2.28. The van der Waals surface area contributed by atoms with E-state index in [1.54, 1.807) is 0 Å². The summed E-state index contributed by atoms with van der Waals surface area (Å²) in [7, 11) is -2.90. The van der Waals surface area contributed by atoms with Crippen LogP contribution in [0.1, 0.15) is 19.0 Å². The van der Waals surface area contributed by atoms with Gasteiger partial charge >= 0.3 is 0 Å². The van der Waals surface area contributed by atoms with E-state index in [1.165, 1.54) is 0 Å². The summed E-state index contributed by atoms with van der Waals surface area (Å²) in [6, 6.07) is 1.92. The Morgan fingerprint density at radius 3 is 2.61 bits per heavy atom. The summed E-state index contributed by atoms with van der Waals surface area (Å²) >= 11 is 0. The monoisotopic (exact) mass is 339 g/mol. The molecule has 3 heterocycles. The minimum atomic E-state index is -2.90. The highest BCUT2D eigenvalue weighted by Crippen LogP contribution is 2.20. The van der Waals surface area contributed by atoms with Crippen LogP contribution in [0.5, 0.6) is 0 Å². The fourth-order valence-electron chi connectivity index (χ4n) is 3.16. The van der Waals surface area contributed by atoms with E-state index < -0.39 is 9.84 Å². The number of aryl methyl sites for hydroxylation is 1. The maximum atomic E-state index is 11.6. The van der Waals surface area contributed by atoms with Gasteiger partial charge in [-0.05, 0) is 19.9 Å². The third kappa shape index (κ3) is 4.11. The van der Waals surface area contributed by atoms with E-state index in [2.05, 4.69) is 32.0 Å². The molecule has 1 aromatic heterocycles. The van der Waals surface area contributed by atoms with Gasteiger partial charge < -0.3 is 15.1 Å². The van der Waals surface area contributed by atoms with E-state index in [-0.39, 0.29) is 17.5 Å². The second-order valence-corrected chi connectivity index (χ2v) is 8.59. The Labute approximate surface area is 138 Å². The van der Waals surface area contributed by atoms with Crippen molar-refractivity contribution in [1.29, 1.82) is 0 Å². The van der Waals surface area contributed by atoms with E-state index in [4.69, 9.17) is 0 Å². The molecule has 7 nitrogen and oxygen atoms in total. The lowest BCUT2D eigenvalue weighted by Crippen LogP contribution is -2.46. The summed E-state index contributed by atoms with van der Waals surface area (Å²) < 4.78 is 23.2. The van der Waals surface area contributed by atoms with Gasteiger partial charge in [0.2, 0.25) is 5.95 Å². The summed E-state index contributed by atoms with van der Waals surface area (Å²) in [6.45, 7) is 9.22. The van der Waals surface area contributed by atoms with Gasteiger partial charge in [0.1, 0.15) is 5.82 Å². The number of piperazine rings is 1. The Hall–Kier alpha value is -1.41. The minimum Gasteiger partial charge on any atom is -0.354 e. The summed E-state index contributed by atoms with van der Waals surface area (Å²) in [5.74, 6) is 1.90. The van der Waals surface area contributed by atoms with E-state index in [0.717, 1.165) is 44.2 Å². The van der Waals surface area contributed by atoms with Crippen molar-refractivity contribution in [2.45, 2.75) is 26.3 Å². The molecule has 1 unspecified atom stereocenters. The lowest BCUT2D eigenvalue weighted by molar-refractivity contribution is 0.270. The zero-order chi connectivity index (χ0) is 16.4. The molecule has 2 fully saturated rings. The number of anilines is 2. The molecule has 1 atom stereocenters. The number of hydrogen-bond donors (Lipinski definition) is 1. The zero-order valence-corrected chi connectivity index (χ0v) is 14.6. The van der Waals surface area contributed by atoms with Crippen LogP contribution in [0.4, 0.5) is 11.8 Å². The van der Waals surface area contributed by atoms with Crippen molar-refractivity contribution in [3.63, 3.8) is 0 Å². The highest BCUT2D eigenvalue weighted by atomic mass is 32.2. The van der Waals surface area contributed by atoms with Gasteiger partial charge in [-0.2, -0.15) is 4.98 Å². The van der Waals surface area contributed by atoms with Crippen LogP contribution in [0.15, 0.2) is 6.07 Å². The zero-order valence-electron chi connectivity index (χ0n) is 13.8. The van der Waals surface area contributed by atoms with Crippen molar-refractivity contribution >= 4 is 21.6 Å². The molecule has 23 heavy (non-hydrogen) atoms. The third-order valence-corrected chi connectivity index (χ3v) is 6.32. The van der Waals surface area contributed by atoms with Crippen molar-refractivity contribution in [2.75, 3.05) is 54.4 Å². The Morgan fingerprint density at radius 1 is 1.26 bits per heavy atom. The van der Waals surface area contributed by atoms with Gasteiger partial charge in [-0.15, -0.1) is 0 Å². The maximum absolute atomic E-state index is 11.6. The highest BCUT2D eigenvalue weighted by molar-refractivity contribution is 7.91. The first kappa shape index (κ1) is 16.4. The second kappa shape index (κ2) is 6.60. The molecular weight excluding hydrogens is 314 g/mol. The number of nitrogens with one attached hydrogen (secondary N) is 1. The van der Waals surface area contributed by atoms with Crippen LogP contribution in [0.3, 0.4) is 0 Å². The average molecular weight is 339 g/mol. The van der Waals surface area contributed by atoms with Crippen LogP contribution >= 0.6 is 0 Å². The Bertz CT molecular complexity index is 656. The van der Waals surface area contributed by atoms with Gasteiger partial charge in [0, 0.05) is 44.0 Å². The molecule has 2 saturated heterocycles. The first-order chi connectivity index (χ1) is 10.9. The lowest BCUT2D eigenvalue weighted by Gasteiger charge is -2.35. The van der Waals surface area contributed by atoms with Crippen LogP contribution in [0, 0.1) is 6.92 Å². The van der Waals surface area contributed by atoms with Crippen LogP contribution in [-0.2, 0) is 9.84 Å². The smallest absolute Gasteiger partial charge is 0.225 e. The van der Waals surface area contributed by atoms with Crippen LogP contribution in [-0.4, -0.2) is 73.6 Å². The van der Waals surface area contributed by atoms with E-state index in [1.807, 2.05) is 13.0 Å². The number of rotatable bonds is 4. The van der Waals surface area contributed by atoms with Crippen molar-refractivity contribution in [2.24, 2.45) is 0 Å². The third-order valence-electron chi connectivity index (χ3n) is 4.55. The predicted octanol–water partition coefficient (Wildman–Crippen LogP) is 0.526. The lowest BCUT2D eigenvalue weighted by atomic mass is 10.2. The molecule has 1 N–H and O–H groups in total. The molecule has 8 heteroatoms. The molecule has 0 aliphatic carbocycles. The molecule has 0 saturated carbocycles. The number of sulfone groups is 1. The number of nitrogens with zero attached hydrogens (tertiary/aromatic N) is 4. The molecule has 0 amide bonds. The minimum absolute atomic E-state index is 0.0772. The standard InChI is InChI=1S/C15H25N5O2S/c1-3-19-5-7-20(8-6-19)14-10-12(2)16-15(18-14)17-13-4-9-23(21,22)11-13/h10,13H,3-9,11H2,1-2H3,(H,16,17,18). The summed E-state index contributed by atoms with van der Waals surface area (Å²) in [6.07, 6.45) is 0.629. The van der Waals surface area contributed by atoms with Gasteiger partial charge in [0.05, 0.1) is 11.5 Å². The van der Waals surface area contributed by atoms with Crippen molar-refractivity contribution < 1.29 is 8.42 Å². The van der Waals surface area contributed by atoms with E-state index in [9.17, 15) is 8.42 Å². The summed E-state index contributed by atoms with van der Waals surface area (Å²) in [5, 5.41) is 3.20. The largest absolute Gasteiger partial charge is 0.354 e. The van der Waals surface area contributed by atoms with Crippen LogP contribution in [0.25, 0.3) is 0 Å². The van der Waals surface area contributed by atoms with Crippen molar-refractivity contribution in [3.8, 4) is 0 Å². The van der Waals surface area contributed by atoms with Crippen molar-refractivity contribution in [3.05, 3.63) is 11.8 Å². The molecule has 3 rings (SSSR count). The predicted molar refractivity (Wildman–Crippen MR) is 91.8 cm³/mol. The Balaban J connectivity index is 1.70. The molecule has 0 bridgehead atoms. The quantitative estimate of drug-likeness (QED) is 0.857. The molecule has 2 aliphatic rings. The fourth-order valence-corrected chi connectivity index (χ4v) is 4.84. The topological polar surface area (TPSA) is 78.4 Å².